The highest BCUT2D eigenvalue weighted by Crippen LogP contribution is 2.18. The van der Waals surface area contributed by atoms with Crippen LogP contribution in [-0.4, -0.2) is 46.9 Å². The lowest BCUT2D eigenvalue weighted by atomic mass is 10.0. The average molecular weight is 904 g/mol. The fourth-order valence-corrected chi connectivity index (χ4v) is 7.79. The highest BCUT2D eigenvalue weighted by atomic mass is 16.5. The molecule has 0 aromatic rings. The molecule has 0 saturated carbocycles. The Bertz CT molecular complexity index is 1290. The van der Waals surface area contributed by atoms with E-state index < -0.39 is 18.2 Å². The Kier molecular flexibility index (Phi) is 49.2. The van der Waals surface area contributed by atoms with E-state index in [0.717, 1.165) is 103 Å². The zero-order valence-corrected chi connectivity index (χ0v) is 42.3. The third-order valence-corrected chi connectivity index (χ3v) is 11.8. The molecular weight excluding hydrogens is 803 g/mol. The van der Waals surface area contributed by atoms with E-state index in [1.165, 1.54) is 89.9 Å². The molecule has 0 bridgehead atoms. The Labute approximate surface area is 401 Å². The Balaban J connectivity index is 4.61. The number of amides is 1. The van der Waals surface area contributed by atoms with Gasteiger partial charge in [0.2, 0.25) is 5.91 Å². The number of carbonyl (C=O) groups is 2. The fourth-order valence-electron chi connectivity index (χ4n) is 7.79. The van der Waals surface area contributed by atoms with Gasteiger partial charge >= 0.3 is 5.97 Å². The van der Waals surface area contributed by atoms with Crippen molar-refractivity contribution in [3.8, 4) is 0 Å². The van der Waals surface area contributed by atoms with Crippen molar-refractivity contribution in [2.75, 3.05) is 6.61 Å². The number of aliphatic hydroxyl groups is 2. The largest absolute Gasteiger partial charge is 0.462 e. The molecule has 6 heteroatoms. The fraction of sp³-hybridized carbons (Fsp3) is 0.695. The van der Waals surface area contributed by atoms with Crippen LogP contribution < -0.4 is 5.32 Å². The van der Waals surface area contributed by atoms with Gasteiger partial charge < -0.3 is 20.3 Å². The van der Waals surface area contributed by atoms with Crippen molar-refractivity contribution in [2.24, 2.45) is 0 Å². The van der Waals surface area contributed by atoms with E-state index in [9.17, 15) is 19.8 Å². The van der Waals surface area contributed by atoms with Crippen LogP contribution in [-0.2, 0) is 14.3 Å². The first kappa shape index (κ1) is 61.8. The predicted molar refractivity (Wildman–Crippen MR) is 282 cm³/mol. The van der Waals surface area contributed by atoms with Gasteiger partial charge in [-0.3, -0.25) is 9.59 Å². The highest BCUT2D eigenvalue weighted by molar-refractivity contribution is 5.77. The van der Waals surface area contributed by atoms with E-state index in [-0.39, 0.29) is 24.9 Å². The molecule has 372 valence electrons. The number of ether oxygens (including phenoxy) is 1. The summed E-state index contributed by atoms with van der Waals surface area (Å²) in [6, 6.07) is -0.722. The number of aliphatic hydroxyl groups excluding tert-OH is 2. The summed E-state index contributed by atoms with van der Waals surface area (Å²) in [7, 11) is 0. The maximum atomic E-state index is 13.2. The van der Waals surface area contributed by atoms with Gasteiger partial charge in [0.05, 0.1) is 25.2 Å². The summed E-state index contributed by atoms with van der Waals surface area (Å²) in [5.41, 5.74) is 0. The first-order valence-corrected chi connectivity index (χ1v) is 27.0. The van der Waals surface area contributed by atoms with Crippen molar-refractivity contribution in [1.29, 1.82) is 0 Å². The second-order valence-electron chi connectivity index (χ2n) is 18.0. The Morgan fingerprint density at radius 1 is 0.477 bits per heavy atom. The number of esters is 1. The number of hydrogen-bond donors (Lipinski definition) is 3. The zero-order chi connectivity index (χ0) is 47.4. The summed E-state index contributed by atoms with van der Waals surface area (Å²) in [6.07, 6.45) is 69.0. The number of rotatable bonds is 47. The Hall–Kier alpha value is -3.22. The molecule has 3 atom stereocenters. The smallest absolute Gasteiger partial charge is 0.306 e. The lowest BCUT2D eigenvalue weighted by Crippen LogP contribution is -2.46. The minimum absolute atomic E-state index is 0.0445. The first-order valence-electron chi connectivity index (χ1n) is 27.0. The summed E-state index contributed by atoms with van der Waals surface area (Å²) >= 11 is 0. The lowest BCUT2D eigenvalue weighted by molar-refractivity contribution is -0.151. The topological polar surface area (TPSA) is 95.9 Å². The van der Waals surface area contributed by atoms with Crippen LogP contribution in [0.25, 0.3) is 0 Å². The standard InChI is InChI=1S/C59H101NO5/c1-4-7-10-13-16-19-22-25-27-29-31-33-36-39-42-45-48-51-57(62)56(54-61)60-58(63)53-55(50-47-44-41-38-35-24-21-18-15-12-9-6-3)65-59(64)52-49-46-43-40-37-34-32-30-28-26-23-20-17-14-11-8-5-2/h8-9,11-12,14,17-18,20-21,23,26,28,30,32,34,37,55-57,61-62H,4-7,10,13,15-16,19,22,24-25,27,29,31,33,35-36,38-54H2,1-3H3,(H,60,63)/b11-8-,12-9+,17-14+,21-18+,23-20+,28-26-,32-30+,37-34+. The molecule has 0 aromatic heterocycles. The minimum atomic E-state index is -0.806. The molecule has 0 radical (unpaired) electrons. The van der Waals surface area contributed by atoms with Crippen molar-refractivity contribution in [3.63, 3.8) is 0 Å². The second-order valence-corrected chi connectivity index (χ2v) is 18.0. The lowest BCUT2D eigenvalue weighted by Gasteiger charge is -2.24. The Morgan fingerprint density at radius 2 is 0.908 bits per heavy atom. The molecular formula is C59H101NO5. The number of hydrogen-bond acceptors (Lipinski definition) is 5. The van der Waals surface area contributed by atoms with Crippen LogP contribution in [0.5, 0.6) is 0 Å². The van der Waals surface area contributed by atoms with Gasteiger partial charge in [-0.05, 0) is 70.6 Å². The van der Waals surface area contributed by atoms with Gasteiger partial charge in [0.1, 0.15) is 6.10 Å². The van der Waals surface area contributed by atoms with Crippen molar-refractivity contribution >= 4 is 11.9 Å². The third-order valence-electron chi connectivity index (χ3n) is 11.8. The molecule has 0 spiro atoms. The first-order chi connectivity index (χ1) is 32.0. The molecule has 0 aliphatic carbocycles. The van der Waals surface area contributed by atoms with Gasteiger partial charge in [0.15, 0.2) is 0 Å². The van der Waals surface area contributed by atoms with E-state index in [1.807, 2.05) is 54.7 Å². The average Bonchev–Trinajstić information content (AvgIpc) is 3.30. The summed E-state index contributed by atoms with van der Waals surface area (Å²) in [5, 5.41) is 23.8. The molecule has 0 aliphatic heterocycles. The van der Waals surface area contributed by atoms with Gasteiger partial charge in [-0.1, -0.05) is 253 Å². The van der Waals surface area contributed by atoms with Crippen LogP contribution in [0.1, 0.15) is 239 Å². The number of allylic oxidation sites excluding steroid dienone is 16. The van der Waals surface area contributed by atoms with Crippen LogP contribution >= 0.6 is 0 Å². The maximum Gasteiger partial charge on any atom is 0.306 e. The molecule has 65 heavy (non-hydrogen) atoms. The Morgan fingerprint density at radius 3 is 1.43 bits per heavy atom. The SMILES string of the molecule is CC\C=C/C=C/C=C/C=C\C=C\C=C\CCCCCC(=O)OC(CCCCCCC/C=C/C/C=C/CC)CC(=O)NC(CO)C(O)CCCCCCCCCCCCCCCCCCC. The van der Waals surface area contributed by atoms with Gasteiger partial charge in [-0.15, -0.1) is 0 Å². The van der Waals surface area contributed by atoms with E-state index in [2.05, 4.69) is 68.6 Å². The molecule has 3 unspecified atom stereocenters. The molecule has 0 rings (SSSR count). The van der Waals surface area contributed by atoms with Gasteiger partial charge in [-0.2, -0.15) is 0 Å². The van der Waals surface area contributed by atoms with Crippen LogP contribution in [0, 0.1) is 0 Å². The van der Waals surface area contributed by atoms with Crippen molar-refractivity contribution in [1.82, 2.24) is 5.32 Å². The quantitative estimate of drug-likeness (QED) is 0.0245. The summed E-state index contributed by atoms with van der Waals surface area (Å²) in [6.45, 7) is 6.23. The second kappa shape index (κ2) is 51.8. The van der Waals surface area contributed by atoms with Gasteiger partial charge in [0, 0.05) is 6.42 Å². The van der Waals surface area contributed by atoms with Crippen LogP contribution in [0.4, 0.5) is 0 Å². The number of unbranched alkanes of at least 4 members (excludes halogenated alkanes) is 24. The van der Waals surface area contributed by atoms with Crippen molar-refractivity contribution in [2.45, 2.75) is 257 Å². The molecule has 3 N–H and O–H groups in total. The molecule has 0 aromatic carbocycles. The van der Waals surface area contributed by atoms with E-state index in [4.69, 9.17) is 4.74 Å². The zero-order valence-electron chi connectivity index (χ0n) is 42.3. The normalized spacial score (nSPS) is 14.0. The molecule has 0 fully saturated rings. The van der Waals surface area contributed by atoms with Crippen molar-refractivity contribution < 1.29 is 24.5 Å². The highest BCUT2D eigenvalue weighted by Gasteiger charge is 2.24. The molecule has 1 amide bonds. The van der Waals surface area contributed by atoms with Gasteiger partial charge in [0.25, 0.3) is 0 Å². The summed E-state index contributed by atoms with van der Waals surface area (Å²) in [4.78, 5) is 26.2. The molecule has 0 saturated heterocycles. The van der Waals surface area contributed by atoms with Crippen LogP contribution in [0.15, 0.2) is 97.2 Å². The molecule has 0 aliphatic rings. The minimum Gasteiger partial charge on any atom is -0.462 e. The molecule has 6 nitrogen and oxygen atoms in total. The molecule has 0 heterocycles. The summed E-state index contributed by atoms with van der Waals surface area (Å²) in [5.74, 6) is -0.544. The third kappa shape index (κ3) is 47.1. The predicted octanol–water partition coefficient (Wildman–Crippen LogP) is 16.5. The van der Waals surface area contributed by atoms with Crippen molar-refractivity contribution in [3.05, 3.63) is 97.2 Å². The van der Waals surface area contributed by atoms with Crippen LogP contribution in [0.2, 0.25) is 0 Å². The van der Waals surface area contributed by atoms with E-state index >= 15 is 0 Å². The number of nitrogens with one attached hydrogen (secondary N) is 1. The van der Waals surface area contributed by atoms with Gasteiger partial charge in [-0.25, -0.2) is 0 Å². The van der Waals surface area contributed by atoms with E-state index in [1.54, 1.807) is 0 Å². The number of carbonyl (C=O) groups excluding carboxylic acids is 2. The summed E-state index contributed by atoms with van der Waals surface area (Å²) < 4.78 is 5.91. The van der Waals surface area contributed by atoms with E-state index in [0.29, 0.717) is 19.3 Å². The monoisotopic (exact) mass is 904 g/mol. The van der Waals surface area contributed by atoms with Crippen LogP contribution in [0.3, 0.4) is 0 Å². The maximum absolute atomic E-state index is 13.2.